The maximum Gasteiger partial charge on any atom is 0.209 e. The number of aliphatic imine (C=N–C) groups is 1. The highest BCUT2D eigenvalue weighted by atomic mass is 32.2. The topological polar surface area (TPSA) is 96.6 Å². The van der Waals surface area contributed by atoms with E-state index in [1.165, 1.54) is 0 Å². The van der Waals surface area contributed by atoms with Gasteiger partial charge in [-0.05, 0) is 32.9 Å². The Hall–Kier alpha value is -1.60. The number of benzene rings is 1. The molecule has 1 rings (SSSR count). The van der Waals surface area contributed by atoms with E-state index in [2.05, 4.69) is 15.0 Å². The number of nitrogens with one attached hydrogen (secondary N) is 2. The van der Waals surface area contributed by atoms with Crippen molar-refractivity contribution in [3.63, 3.8) is 0 Å². The number of hydrogen-bond acceptors (Lipinski definition) is 3. The molecule has 4 N–H and O–H groups in total. The summed E-state index contributed by atoms with van der Waals surface area (Å²) in [5.41, 5.74) is 7.08. The lowest BCUT2D eigenvalue weighted by Crippen LogP contribution is -2.45. The molecule has 0 heterocycles. The zero-order chi connectivity index (χ0) is 15.4. The predicted molar refractivity (Wildman–Crippen MR) is 83.3 cm³/mol. The molecule has 0 aliphatic heterocycles. The molecule has 0 aliphatic carbocycles. The zero-order valence-corrected chi connectivity index (χ0v) is 13.1. The molecule has 0 unspecified atom stereocenters. The van der Waals surface area contributed by atoms with Crippen LogP contribution >= 0.6 is 0 Å². The molecule has 0 amide bonds. The molecule has 6 nitrogen and oxygen atoms in total. The second-order valence-corrected chi connectivity index (χ2v) is 7.20. The summed E-state index contributed by atoms with van der Waals surface area (Å²) in [4.78, 5) is 4.15. The monoisotopic (exact) mass is 298 g/mol. The van der Waals surface area contributed by atoms with Crippen molar-refractivity contribution in [3.8, 4) is 0 Å². The quantitative estimate of drug-likeness (QED) is 0.559. The van der Waals surface area contributed by atoms with E-state index in [4.69, 9.17) is 5.73 Å². The fourth-order valence-corrected chi connectivity index (χ4v) is 2.71. The van der Waals surface area contributed by atoms with Crippen LogP contribution < -0.4 is 15.8 Å². The highest BCUT2D eigenvalue weighted by Crippen LogP contribution is 2.08. The minimum absolute atomic E-state index is 0.241. The van der Waals surface area contributed by atoms with Crippen LogP contribution in [0, 0.1) is 6.92 Å². The fourth-order valence-electron chi connectivity index (χ4n) is 1.64. The van der Waals surface area contributed by atoms with Crippen LogP contribution in [-0.4, -0.2) is 32.7 Å². The first-order valence-corrected chi connectivity index (χ1v) is 8.09. The number of nitrogens with zero attached hydrogens (tertiary/aromatic N) is 1. The summed E-state index contributed by atoms with van der Waals surface area (Å²) in [6.07, 6.45) is 1.12. The minimum Gasteiger partial charge on any atom is -0.370 e. The van der Waals surface area contributed by atoms with Crippen LogP contribution in [0.1, 0.15) is 19.4 Å². The molecule has 0 aliphatic rings. The van der Waals surface area contributed by atoms with Crippen molar-refractivity contribution in [2.45, 2.75) is 26.3 Å². The van der Waals surface area contributed by atoms with Gasteiger partial charge < -0.3 is 11.1 Å². The van der Waals surface area contributed by atoms with E-state index >= 15 is 0 Å². The third kappa shape index (κ3) is 6.53. The van der Waals surface area contributed by atoms with Gasteiger partial charge in [0.2, 0.25) is 10.0 Å². The van der Waals surface area contributed by atoms with Gasteiger partial charge in [0.05, 0.1) is 12.8 Å². The summed E-state index contributed by atoms with van der Waals surface area (Å²) in [6, 6.07) is 7.73. The smallest absolute Gasteiger partial charge is 0.209 e. The Kier molecular flexibility index (Phi) is 5.13. The van der Waals surface area contributed by atoms with Gasteiger partial charge in [-0.2, -0.15) is 0 Å². The summed E-state index contributed by atoms with van der Waals surface area (Å²) in [5, 5.41) is 2.96. The Morgan fingerprint density at radius 2 is 1.85 bits per heavy atom. The van der Waals surface area contributed by atoms with Crippen molar-refractivity contribution in [3.05, 3.63) is 29.8 Å². The first-order chi connectivity index (χ1) is 9.07. The molecule has 0 saturated carbocycles. The van der Waals surface area contributed by atoms with E-state index in [1.54, 1.807) is 13.8 Å². The number of anilines is 1. The third-order valence-corrected chi connectivity index (χ3v) is 3.35. The largest absolute Gasteiger partial charge is 0.370 e. The van der Waals surface area contributed by atoms with Crippen LogP contribution in [0.5, 0.6) is 0 Å². The van der Waals surface area contributed by atoms with Crippen LogP contribution in [0.2, 0.25) is 0 Å². The van der Waals surface area contributed by atoms with Gasteiger partial charge in [0.1, 0.15) is 0 Å². The molecule has 0 aromatic heterocycles. The van der Waals surface area contributed by atoms with Crippen LogP contribution in [0.3, 0.4) is 0 Å². The first-order valence-electron chi connectivity index (χ1n) is 6.20. The molecule has 0 fully saturated rings. The number of nitrogens with two attached hydrogens (primary N) is 1. The van der Waals surface area contributed by atoms with Crippen LogP contribution in [0.15, 0.2) is 29.3 Å². The van der Waals surface area contributed by atoms with Crippen LogP contribution in [-0.2, 0) is 10.0 Å². The van der Waals surface area contributed by atoms with Gasteiger partial charge in [-0.15, -0.1) is 0 Å². The molecule has 0 saturated heterocycles. The van der Waals surface area contributed by atoms with Gasteiger partial charge >= 0.3 is 0 Å². The van der Waals surface area contributed by atoms with Crippen molar-refractivity contribution < 1.29 is 8.42 Å². The highest BCUT2D eigenvalue weighted by molar-refractivity contribution is 7.88. The Balaban J connectivity index is 2.63. The standard InChI is InChI=1S/C13H22N4O2S/c1-10-5-7-11(8-6-10)16-12(14)15-9-13(2,3)17-20(4,18)19/h5-8,17H,9H2,1-4H3,(H3,14,15,16). The zero-order valence-electron chi connectivity index (χ0n) is 12.3. The molecule has 0 radical (unpaired) electrons. The molecule has 7 heteroatoms. The summed E-state index contributed by atoms with van der Waals surface area (Å²) < 4.78 is 24.9. The van der Waals surface area contributed by atoms with Gasteiger partial charge in [0, 0.05) is 11.2 Å². The highest BCUT2D eigenvalue weighted by Gasteiger charge is 2.21. The first kappa shape index (κ1) is 16.5. The van der Waals surface area contributed by atoms with Crippen molar-refractivity contribution in [2.24, 2.45) is 10.7 Å². The van der Waals surface area contributed by atoms with E-state index in [-0.39, 0.29) is 12.5 Å². The SMILES string of the molecule is Cc1ccc(NC(N)=NCC(C)(C)NS(C)(=O)=O)cc1. The molecular formula is C13H22N4O2S. The average molecular weight is 298 g/mol. The number of aryl methyl sites for hydroxylation is 1. The Bertz CT molecular complexity index is 577. The Labute approximate surface area is 120 Å². The number of hydrogen-bond donors (Lipinski definition) is 3. The number of sulfonamides is 1. The molecule has 1 aromatic carbocycles. The lowest BCUT2D eigenvalue weighted by Gasteiger charge is -2.22. The van der Waals surface area contributed by atoms with Crippen molar-refractivity contribution in [2.75, 3.05) is 18.1 Å². The molecule has 112 valence electrons. The van der Waals surface area contributed by atoms with Crippen LogP contribution in [0.4, 0.5) is 5.69 Å². The normalized spacial score (nSPS) is 13.3. The number of guanidine groups is 1. The minimum atomic E-state index is -3.27. The summed E-state index contributed by atoms with van der Waals surface area (Å²) >= 11 is 0. The van der Waals surface area contributed by atoms with Crippen LogP contribution in [0.25, 0.3) is 0 Å². The maximum absolute atomic E-state index is 11.2. The molecule has 0 spiro atoms. The Morgan fingerprint density at radius 3 is 2.35 bits per heavy atom. The molecular weight excluding hydrogens is 276 g/mol. The molecule has 20 heavy (non-hydrogen) atoms. The van der Waals surface area contributed by atoms with Gasteiger partial charge in [0.15, 0.2) is 5.96 Å². The van der Waals surface area contributed by atoms with Gasteiger partial charge in [-0.25, -0.2) is 13.1 Å². The van der Waals surface area contributed by atoms with E-state index in [9.17, 15) is 8.42 Å². The molecule has 0 atom stereocenters. The second kappa shape index (κ2) is 6.23. The third-order valence-electron chi connectivity index (χ3n) is 2.43. The predicted octanol–water partition coefficient (Wildman–Crippen LogP) is 1.05. The molecule has 1 aromatic rings. The van der Waals surface area contributed by atoms with Gasteiger partial charge in [0.25, 0.3) is 0 Å². The average Bonchev–Trinajstić information content (AvgIpc) is 2.27. The lowest BCUT2D eigenvalue weighted by molar-refractivity contribution is 0.466. The summed E-state index contributed by atoms with van der Waals surface area (Å²) in [5.74, 6) is 0.247. The van der Waals surface area contributed by atoms with Crippen molar-refractivity contribution in [1.82, 2.24) is 4.72 Å². The van der Waals surface area contributed by atoms with E-state index in [1.807, 2.05) is 31.2 Å². The fraction of sp³-hybridized carbons (Fsp3) is 0.462. The van der Waals surface area contributed by atoms with E-state index in [0.29, 0.717) is 0 Å². The van der Waals surface area contributed by atoms with Crippen molar-refractivity contribution in [1.29, 1.82) is 0 Å². The Morgan fingerprint density at radius 1 is 1.30 bits per heavy atom. The van der Waals surface area contributed by atoms with Gasteiger partial charge in [-0.1, -0.05) is 17.7 Å². The van der Waals surface area contributed by atoms with Crippen molar-refractivity contribution >= 4 is 21.7 Å². The maximum atomic E-state index is 11.2. The number of rotatable bonds is 5. The van der Waals surface area contributed by atoms with E-state index < -0.39 is 15.6 Å². The second-order valence-electron chi connectivity index (χ2n) is 5.45. The van der Waals surface area contributed by atoms with Gasteiger partial charge in [-0.3, -0.25) is 4.99 Å². The van der Waals surface area contributed by atoms with E-state index in [0.717, 1.165) is 17.5 Å². The summed E-state index contributed by atoms with van der Waals surface area (Å²) in [6.45, 7) is 5.73. The molecule has 0 bridgehead atoms. The lowest BCUT2D eigenvalue weighted by atomic mass is 10.1. The summed E-state index contributed by atoms with van der Waals surface area (Å²) in [7, 11) is -3.27.